The molecule has 2 saturated heterocycles. The highest BCUT2D eigenvalue weighted by Gasteiger charge is 2.22. The number of rotatable bonds is 4. The Kier molecular flexibility index (Phi) is 5.46. The standard InChI is InChI=1S/C17H26N4O2/c1-2-20-7-9-21(10-8-20)16-4-3-15(13-18-16)19-17(22)14-5-11-23-12-6-14/h3-4,13-14H,2,5-12H2,1H3,(H,19,22). The van der Waals surface area contributed by atoms with Gasteiger partial charge in [0.05, 0.1) is 11.9 Å². The van der Waals surface area contributed by atoms with E-state index in [2.05, 4.69) is 27.0 Å². The van der Waals surface area contributed by atoms with Gasteiger partial charge in [-0.1, -0.05) is 6.92 Å². The molecule has 0 aliphatic carbocycles. The van der Waals surface area contributed by atoms with E-state index in [1.807, 2.05) is 12.1 Å². The van der Waals surface area contributed by atoms with Crippen molar-refractivity contribution < 1.29 is 9.53 Å². The number of nitrogens with zero attached hydrogens (tertiary/aromatic N) is 3. The maximum Gasteiger partial charge on any atom is 0.227 e. The largest absolute Gasteiger partial charge is 0.381 e. The van der Waals surface area contributed by atoms with E-state index in [1.54, 1.807) is 6.20 Å². The van der Waals surface area contributed by atoms with Crippen molar-refractivity contribution >= 4 is 17.4 Å². The van der Waals surface area contributed by atoms with Crippen LogP contribution in [0.4, 0.5) is 11.5 Å². The molecule has 2 fully saturated rings. The average molecular weight is 318 g/mol. The molecule has 2 aliphatic rings. The smallest absolute Gasteiger partial charge is 0.227 e. The van der Waals surface area contributed by atoms with E-state index >= 15 is 0 Å². The summed E-state index contributed by atoms with van der Waals surface area (Å²) in [6.45, 7) is 8.85. The van der Waals surface area contributed by atoms with Crippen LogP contribution in [-0.2, 0) is 9.53 Å². The fourth-order valence-corrected chi connectivity index (χ4v) is 3.14. The highest BCUT2D eigenvalue weighted by molar-refractivity contribution is 5.92. The van der Waals surface area contributed by atoms with E-state index in [4.69, 9.17) is 4.74 Å². The van der Waals surface area contributed by atoms with Crippen molar-refractivity contribution in [2.75, 3.05) is 56.2 Å². The average Bonchev–Trinajstić information content (AvgIpc) is 2.63. The van der Waals surface area contributed by atoms with Gasteiger partial charge in [0.15, 0.2) is 0 Å². The number of carbonyl (C=O) groups excluding carboxylic acids is 1. The molecule has 3 heterocycles. The van der Waals surface area contributed by atoms with E-state index in [1.165, 1.54) is 0 Å². The topological polar surface area (TPSA) is 57.7 Å². The lowest BCUT2D eigenvalue weighted by Gasteiger charge is -2.34. The number of likely N-dealkylation sites (N-methyl/N-ethyl adjacent to an activating group) is 1. The molecule has 0 saturated carbocycles. The first-order valence-electron chi connectivity index (χ1n) is 8.58. The van der Waals surface area contributed by atoms with Gasteiger partial charge in [-0.2, -0.15) is 0 Å². The molecular formula is C17H26N4O2. The summed E-state index contributed by atoms with van der Waals surface area (Å²) in [6.07, 6.45) is 3.37. The van der Waals surface area contributed by atoms with Gasteiger partial charge in [0.2, 0.25) is 5.91 Å². The lowest BCUT2D eigenvalue weighted by atomic mass is 9.99. The third-order valence-electron chi connectivity index (χ3n) is 4.75. The van der Waals surface area contributed by atoms with Crippen molar-refractivity contribution in [2.24, 2.45) is 5.92 Å². The monoisotopic (exact) mass is 318 g/mol. The van der Waals surface area contributed by atoms with Gasteiger partial charge in [-0.15, -0.1) is 0 Å². The molecule has 0 bridgehead atoms. The fraction of sp³-hybridized carbons (Fsp3) is 0.647. The Balaban J connectivity index is 1.53. The molecule has 1 N–H and O–H groups in total. The molecule has 0 spiro atoms. The van der Waals surface area contributed by atoms with E-state index in [9.17, 15) is 4.79 Å². The predicted octanol–water partition coefficient (Wildman–Crippen LogP) is 1.59. The summed E-state index contributed by atoms with van der Waals surface area (Å²) >= 11 is 0. The first-order chi connectivity index (χ1) is 11.3. The van der Waals surface area contributed by atoms with Crippen LogP contribution in [0.5, 0.6) is 0 Å². The van der Waals surface area contributed by atoms with Crippen LogP contribution in [0.15, 0.2) is 18.3 Å². The summed E-state index contributed by atoms with van der Waals surface area (Å²) in [7, 11) is 0. The molecule has 23 heavy (non-hydrogen) atoms. The van der Waals surface area contributed by atoms with Crippen molar-refractivity contribution in [3.63, 3.8) is 0 Å². The third-order valence-corrected chi connectivity index (χ3v) is 4.75. The number of carbonyl (C=O) groups is 1. The maximum atomic E-state index is 12.2. The minimum absolute atomic E-state index is 0.0607. The van der Waals surface area contributed by atoms with Crippen LogP contribution in [0.3, 0.4) is 0 Å². The quantitative estimate of drug-likeness (QED) is 0.913. The minimum atomic E-state index is 0.0607. The zero-order valence-electron chi connectivity index (χ0n) is 13.8. The Labute approximate surface area is 137 Å². The fourth-order valence-electron chi connectivity index (χ4n) is 3.14. The van der Waals surface area contributed by atoms with Crippen molar-refractivity contribution in [1.29, 1.82) is 0 Å². The predicted molar refractivity (Wildman–Crippen MR) is 90.7 cm³/mol. The zero-order chi connectivity index (χ0) is 16.1. The maximum absolute atomic E-state index is 12.2. The first kappa shape index (κ1) is 16.2. The Hall–Kier alpha value is -1.66. The van der Waals surface area contributed by atoms with Gasteiger partial charge in [-0.25, -0.2) is 4.98 Å². The van der Waals surface area contributed by atoms with Crippen molar-refractivity contribution in [3.05, 3.63) is 18.3 Å². The molecular weight excluding hydrogens is 292 g/mol. The van der Waals surface area contributed by atoms with Gasteiger partial charge in [0.1, 0.15) is 5.82 Å². The molecule has 1 amide bonds. The molecule has 6 heteroatoms. The van der Waals surface area contributed by atoms with Crippen molar-refractivity contribution in [1.82, 2.24) is 9.88 Å². The molecule has 0 radical (unpaired) electrons. The lowest BCUT2D eigenvalue weighted by molar-refractivity contribution is -0.122. The van der Waals surface area contributed by atoms with Crippen LogP contribution in [0, 0.1) is 5.92 Å². The van der Waals surface area contributed by atoms with Gasteiger partial charge >= 0.3 is 0 Å². The van der Waals surface area contributed by atoms with Gasteiger partial charge < -0.3 is 19.9 Å². The second kappa shape index (κ2) is 7.75. The molecule has 6 nitrogen and oxygen atoms in total. The van der Waals surface area contributed by atoms with Crippen LogP contribution < -0.4 is 10.2 Å². The zero-order valence-corrected chi connectivity index (χ0v) is 13.8. The molecule has 1 aromatic heterocycles. The second-order valence-corrected chi connectivity index (χ2v) is 6.20. The molecule has 0 unspecified atom stereocenters. The Bertz CT molecular complexity index is 506. The minimum Gasteiger partial charge on any atom is -0.381 e. The Morgan fingerprint density at radius 1 is 1.26 bits per heavy atom. The highest BCUT2D eigenvalue weighted by Crippen LogP contribution is 2.19. The number of hydrogen-bond acceptors (Lipinski definition) is 5. The number of aromatic nitrogens is 1. The molecule has 126 valence electrons. The summed E-state index contributed by atoms with van der Waals surface area (Å²) in [4.78, 5) is 21.5. The molecule has 3 rings (SSSR count). The van der Waals surface area contributed by atoms with Gasteiger partial charge in [-0.05, 0) is 31.5 Å². The number of amides is 1. The first-order valence-corrected chi connectivity index (χ1v) is 8.58. The lowest BCUT2D eigenvalue weighted by Crippen LogP contribution is -2.46. The van der Waals surface area contributed by atoms with E-state index in [0.29, 0.717) is 13.2 Å². The van der Waals surface area contributed by atoms with Gasteiger partial charge in [0.25, 0.3) is 0 Å². The third kappa shape index (κ3) is 4.20. The number of ether oxygens (including phenoxy) is 1. The number of piperazine rings is 1. The van der Waals surface area contributed by atoms with Crippen LogP contribution in [-0.4, -0.2) is 61.7 Å². The van der Waals surface area contributed by atoms with Crippen LogP contribution in [0.1, 0.15) is 19.8 Å². The molecule has 2 aliphatic heterocycles. The number of hydrogen-bond donors (Lipinski definition) is 1. The summed E-state index contributed by atoms with van der Waals surface area (Å²) in [5, 5.41) is 2.97. The SMILES string of the molecule is CCN1CCN(c2ccc(NC(=O)C3CCOCC3)cn2)CC1. The summed E-state index contributed by atoms with van der Waals surface area (Å²) in [5.41, 5.74) is 0.775. The van der Waals surface area contributed by atoms with E-state index < -0.39 is 0 Å². The number of nitrogens with one attached hydrogen (secondary N) is 1. The number of anilines is 2. The molecule has 0 atom stereocenters. The van der Waals surface area contributed by atoms with Gasteiger partial charge in [-0.3, -0.25) is 4.79 Å². The van der Waals surface area contributed by atoms with Crippen LogP contribution in [0.2, 0.25) is 0 Å². The second-order valence-electron chi connectivity index (χ2n) is 6.20. The van der Waals surface area contributed by atoms with Crippen molar-refractivity contribution in [3.8, 4) is 0 Å². The Morgan fingerprint density at radius 3 is 2.61 bits per heavy atom. The molecule has 1 aromatic rings. The van der Waals surface area contributed by atoms with Gasteiger partial charge in [0, 0.05) is 45.3 Å². The van der Waals surface area contributed by atoms with Crippen LogP contribution in [0.25, 0.3) is 0 Å². The van der Waals surface area contributed by atoms with Crippen LogP contribution >= 0.6 is 0 Å². The molecule has 0 aromatic carbocycles. The number of pyridine rings is 1. The summed E-state index contributed by atoms with van der Waals surface area (Å²) < 4.78 is 5.30. The highest BCUT2D eigenvalue weighted by atomic mass is 16.5. The van der Waals surface area contributed by atoms with E-state index in [-0.39, 0.29) is 11.8 Å². The normalized spacial score (nSPS) is 20.5. The van der Waals surface area contributed by atoms with E-state index in [0.717, 1.165) is 57.1 Å². The Morgan fingerprint density at radius 2 is 2.00 bits per heavy atom. The summed E-state index contributed by atoms with van der Waals surface area (Å²) in [6, 6.07) is 3.95. The summed E-state index contributed by atoms with van der Waals surface area (Å²) in [5.74, 6) is 1.13. The van der Waals surface area contributed by atoms with Crippen molar-refractivity contribution in [2.45, 2.75) is 19.8 Å².